The zero-order valence-electron chi connectivity index (χ0n) is 10.5. The Balaban J connectivity index is 1.73. The number of nitrogens with one attached hydrogen (secondary N) is 1. The minimum absolute atomic E-state index is 0.214. The Hall–Kier alpha value is -1.39. The van der Waals surface area contributed by atoms with Crippen LogP contribution >= 0.6 is 23.5 Å². The SMILES string of the molecule is CSc1ccc([C@@H]2NN=C(c3ccccc3)S2)cc1. The minimum Gasteiger partial charge on any atom is -0.291 e. The summed E-state index contributed by atoms with van der Waals surface area (Å²) in [6, 6.07) is 18.9. The maximum Gasteiger partial charge on any atom is 0.126 e. The molecule has 1 aliphatic heterocycles. The number of thioether (sulfide) groups is 2. The molecule has 2 aromatic carbocycles. The van der Waals surface area contributed by atoms with E-state index in [9.17, 15) is 0 Å². The van der Waals surface area contributed by atoms with Crippen molar-refractivity contribution in [1.29, 1.82) is 0 Å². The van der Waals surface area contributed by atoms with Crippen molar-refractivity contribution in [2.45, 2.75) is 10.3 Å². The molecule has 19 heavy (non-hydrogen) atoms. The molecule has 0 radical (unpaired) electrons. The molecule has 0 bridgehead atoms. The van der Waals surface area contributed by atoms with Crippen molar-refractivity contribution < 1.29 is 0 Å². The molecule has 0 unspecified atom stereocenters. The molecule has 1 heterocycles. The van der Waals surface area contributed by atoms with Gasteiger partial charge in [-0.3, -0.25) is 5.43 Å². The normalized spacial score (nSPS) is 17.9. The largest absolute Gasteiger partial charge is 0.291 e. The molecular weight excluding hydrogens is 272 g/mol. The molecule has 4 heteroatoms. The van der Waals surface area contributed by atoms with Gasteiger partial charge in [0.1, 0.15) is 10.4 Å². The average molecular weight is 286 g/mol. The molecule has 1 atom stereocenters. The number of rotatable bonds is 3. The molecule has 0 fully saturated rings. The van der Waals surface area contributed by atoms with Crippen molar-refractivity contribution in [2.24, 2.45) is 5.10 Å². The van der Waals surface area contributed by atoms with E-state index in [0.717, 1.165) is 5.04 Å². The van der Waals surface area contributed by atoms with Gasteiger partial charge < -0.3 is 0 Å². The van der Waals surface area contributed by atoms with E-state index in [4.69, 9.17) is 0 Å². The van der Waals surface area contributed by atoms with Crippen LogP contribution in [0.3, 0.4) is 0 Å². The van der Waals surface area contributed by atoms with Crippen LogP contribution in [0.25, 0.3) is 0 Å². The van der Waals surface area contributed by atoms with Gasteiger partial charge in [-0.15, -0.1) is 11.8 Å². The third-order valence-electron chi connectivity index (χ3n) is 2.95. The third-order valence-corrected chi connectivity index (χ3v) is 4.86. The molecule has 2 nitrogen and oxygen atoms in total. The Bertz CT molecular complexity index is 579. The summed E-state index contributed by atoms with van der Waals surface area (Å²) < 4.78 is 0. The fourth-order valence-electron chi connectivity index (χ4n) is 1.92. The molecular formula is C15H14N2S2. The number of hydrogen-bond acceptors (Lipinski definition) is 4. The Morgan fingerprint density at radius 1 is 1.05 bits per heavy atom. The van der Waals surface area contributed by atoms with Gasteiger partial charge in [-0.25, -0.2) is 0 Å². The molecule has 96 valence electrons. The van der Waals surface area contributed by atoms with Crippen molar-refractivity contribution in [3.8, 4) is 0 Å². The molecule has 2 aromatic rings. The van der Waals surface area contributed by atoms with Gasteiger partial charge in [0.2, 0.25) is 0 Å². The first kappa shape index (κ1) is 12.6. The second-order valence-corrected chi connectivity index (χ2v) is 6.16. The molecule has 0 amide bonds. The summed E-state index contributed by atoms with van der Waals surface area (Å²) in [5.74, 6) is 0. The van der Waals surface area contributed by atoms with Crippen LogP contribution in [0.4, 0.5) is 0 Å². The Kier molecular flexibility index (Phi) is 3.80. The molecule has 1 N–H and O–H groups in total. The van der Waals surface area contributed by atoms with Crippen LogP contribution in [0, 0.1) is 0 Å². The summed E-state index contributed by atoms with van der Waals surface area (Å²) in [6.07, 6.45) is 2.09. The summed E-state index contributed by atoms with van der Waals surface area (Å²) in [7, 11) is 0. The lowest BCUT2D eigenvalue weighted by atomic mass is 10.2. The molecule has 0 aromatic heterocycles. The van der Waals surface area contributed by atoms with Crippen molar-refractivity contribution in [3.05, 3.63) is 65.7 Å². The smallest absolute Gasteiger partial charge is 0.126 e. The zero-order valence-corrected chi connectivity index (χ0v) is 12.2. The van der Waals surface area contributed by atoms with Gasteiger partial charge in [-0.2, -0.15) is 5.10 Å². The van der Waals surface area contributed by atoms with E-state index in [0.29, 0.717) is 0 Å². The van der Waals surface area contributed by atoms with E-state index in [2.05, 4.69) is 53.2 Å². The monoisotopic (exact) mass is 286 g/mol. The Morgan fingerprint density at radius 2 is 1.79 bits per heavy atom. The van der Waals surface area contributed by atoms with E-state index in [1.165, 1.54) is 16.0 Å². The van der Waals surface area contributed by atoms with Gasteiger partial charge in [0.15, 0.2) is 0 Å². The number of hydrogen-bond donors (Lipinski definition) is 1. The Morgan fingerprint density at radius 3 is 2.47 bits per heavy atom. The molecule has 0 aliphatic carbocycles. The van der Waals surface area contributed by atoms with Crippen LogP contribution in [0.1, 0.15) is 16.5 Å². The predicted octanol–water partition coefficient (Wildman–Crippen LogP) is 4.11. The van der Waals surface area contributed by atoms with E-state index in [1.807, 2.05) is 18.2 Å². The van der Waals surface area contributed by atoms with Crippen molar-refractivity contribution in [1.82, 2.24) is 5.43 Å². The third kappa shape index (κ3) is 2.80. The van der Waals surface area contributed by atoms with Crippen molar-refractivity contribution in [2.75, 3.05) is 6.26 Å². The van der Waals surface area contributed by atoms with Crippen LogP contribution in [0.15, 0.2) is 64.6 Å². The van der Waals surface area contributed by atoms with Gasteiger partial charge in [0.05, 0.1) is 0 Å². The highest BCUT2D eigenvalue weighted by atomic mass is 32.2. The highest BCUT2D eigenvalue weighted by Gasteiger charge is 2.21. The molecule has 0 spiro atoms. The molecule has 0 saturated heterocycles. The van der Waals surface area contributed by atoms with E-state index in [1.54, 1.807) is 23.5 Å². The maximum absolute atomic E-state index is 4.43. The van der Waals surface area contributed by atoms with Crippen LogP contribution < -0.4 is 5.43 Å². The fraction of sp³-hybridized carbons (Fsp3) is 0.133. The van der Waals surface area contributed by atoms with Gasteiger partial charge in [0.25, 0.3) is 0 Å². The fourth-order valence-corrected chi connectivity index (χ4v) is 3.32. The lowest BCUT2D eigenvalue weighted by molar-refractivity contribution is 0.743. The number of benzene rings is 2. The first-order valence-electron chi connectivity index (χ1n) is 6.06. The standard InChI is InChI=1S/C15H14N2S2/c1-18-13-9-7-12(8-10-13)15-17-16-14(19-15)11-5-3-2-4-6-11/h2-10,15,17H,1H3/t15-/m1/s1. The zero-order chi connectivity index (χ0) is 13.1. The summed E-state index contributed by atoms with van der Waals surface area (Å²) in [6.45, 7) is 0. The van der Waals surface area contributed by atoms with Crippen molar-refractivity contribution >= 4 is 28.6 Å². The lowest BCUT2D eigenvalue weighted by Crippen LogP contribution is -2.06. The highest BCUT2D eigenvalue weighted by Crippen LogP contribution is 2.34. The van der Waals surface area contributed by atoms with Crippen LogP contribution in [-0.4, -0.2) is 11.3 Å². The number of nitrogens with zero attached hydrogens (tertiary/aromatic N) is 1. The van der Waals surface area contributed by atoms with E-state index < -0.39 is 0 Å². The lowest BCUT2D eigenvalue weighted by Gasteiger charge is -2.09. The number of hydrazone groups is 1. The Labute approximate surface area is 121 Å². The highest BCUT2D eigenvalue weighted by molar-refractivity contribution is 8.14. The van der Waals surface area contributed by atoms with Gasteiger partial charge in [0, 0.05) is 10.5 Å². The minimum atomic E-state index is 0.214. The van der Waals surface area contributed by atoms with Gasteiger partial charge >= 0.3 is 0 Å². The molecule has 3 rings (SSSR count). The van der Waals surface area contributed by atoms with Crippen LogP contribution in [0.2, 0.25) is 0 Å². The molecule has 0 saturated carbocycles. The van der Waals surface area contributed by atoms with Gasteiger partial charge in [-0.05, 0) is 24.0 Å². The first-order chi connectivity index (χ1) is 9.36. The quantitative estimate of drug-likeness (QED) is 0.860. The summed E-state index contributed by atoms with van der Waals surface area (Å²) >= 11 is 3.52. The average Bonchev–Trinajstić information content (AvgIpc) is 2.98. The van der Waals surface area contributed by atoms with Crippen LogP contribution in [0.5, 0.6) is 0 Å². The second kappa shape index (κ2) is 5.72. The maximum atomic E-state index is 4.43. The van der Waals surface area contributed by atoms with Gasteiger partial charge in [-0.1, -0.05) is 54.2 Å². The van der Waals surface area contributed by atoms with Crippen molar-refractivity contribution in [3.63, 3.8) is 0 Å². The van der Waals surface area contributed by atoms with Crippen LogP contribution in [-0.2, 0) is 0 Å². The predicted molar refractivity (Wildman–Crippen MR) is 84.7 cm³/mol. The summed E-state index contributed by atoms with van der Waals surface area (Å²) in [5, 5.41) is 5.70. The summed E-state index contributed by atoms with van der Waals surface area (Å²) in [5.41, 5.74) is 5.63. The second-order valence-electron chi connectivity index (χ2n) is 4.18. The summed E-state index contributed by atoms with van der Waals surface area (Å²) in [4.78, 5) is 1.29. The first-order valence-corrected chi connectivity index (χ1v) is 8.16. The molecule has 1 aliphatic rings. The van der Waals surface area contributed by atoms with E-state index >= 15 is 0 Å². The topological polar surface area (TPSA) is 24.4 Å². The van der Waals surface area contributed by atoms with E-state index in [-0.39, 0.29) is 5.37 Å².